The highest BCUT2D eigenvalue weighted by molar-refractivity contribution is 5.79. The fourth-order valence-corrected chi connectivity index (χ4v) is 2.30. The molecule has 2 rings (SSSR count). The summed E-state index contributed by atoms with van der Waals surface area (Å²) < 4.78 is 38.0. The molecular formula is C15H18F3NO. The van der Waals surface area contributed by atoms with Crippen molar-refractivity contribution in [3.8, 4) is 0 Å². The summed E-state index contributed by atoms with van der Waals surface area (Å²) in [6.45, 7) is 6.47. The summed E-state index contributed by atoms with van der Waals surface area (Å²) in [5.74, 6) is 0.105. The number of amides is 1. The van der Waals surface area contributed by atoms with Gasteiger partial charge in [0.1, 0.15) is 0 Å². The number of alkyl halides is 3. The van der Waals surface area contributed by atoms with Crippen LogP contribution in [0.1, 0.15) is 37.5 Å². The van der Waals surface area contributed by atoms with Crippen LogP contribution in [-0.2, 0) is 24.1 Å². The Kier molecular flexibility index (Phi) is 3.80. The van der Waals surface area contributed by atoms with Gasteiger partial charge in [0.2, 0.25) is 5.91 Å². The lowest BCUT2D eigenvalue weighted by Crippen LogP contribution is -2.32. The van der Waals surface area contributed by atoms with Crippen LogP contribution >= 0.6 is 0 Å². The highest BCUT2D eigenvalue weighted by Crippen LogP contribution is 2.33. The number of halogens is 3. The smallest absolute Gasteiger partial charge is 0.334 e. The van der Waals surface area contributed by atoms with Crippen LogP contribution in [0.25, 0.3) is 0 Å². The first-order valence-electron chi connectivity index (χ1n) is 6.68. The summed E-state index contributed by atoms with van der Waals surface area (Å²) >= 11 is 0. The maximum absolute atomic E-state index is 12.7. The summed E-state index contributed by atoms with van der Waals surface area (Å²) in [6, 6.07) is 3.72. The van der Waals surface area contributed by atoms with Gasteiger partial charge in [-0.25, -0.2) is 0 Å². The maximum atomic E-state index is 12.7. The van der Waals surface area contributed by atoms with Crippen molar-refractivity contribution in [1.29, 1.82) is 0 Å². The lowest BCUT2D eigenvalue weighted by atomic mass is 9.97. The highest BCUT2D eigenvalue weighted by Gasteiger charge is 2.33. The van der Waals surface area contributed by atoms with Crippen LogP contribution in [0.5, 0.6) is 0 Å². The molecule has 0 aliphatic carbocycles. The fraction of sp³-hybridized carbons (Fsp3) is 0.533. The Morgan fingerprint density at radius 1 is 1.15 bits per heavy atom. The van der Waals surface area contributed by atoms with Crippen LogP contribution in [0.15, 0.2) is 18.2 Å². The minimum absolute atomic E-state index is 0.00441. The zero-order chi connectivity index (χ0) is 15.1. The monoisotopic (exact) mass is 285 g/mol. The van der Waals surface area contributed by atoms with Crippen molar-refractivity contribution >= 4 is 5.91 Å². The molecule has 0 N–H and O–H groups in total. The van der Waals surface area contributed by atoms with Gasteiger partial charge in [0.05, 0.1) is 5.56 Å². The summed E-state index contributed by atoms with van der Waals surface area (Å²) in [5, 5.41) is 0. The largest absolute Gasteiger partial charge is 0.416 e. The molecule has 0 bridgehead atoms. The zero-order valence-corrected chi connectivity index (χ0v) is 11.8. The van der Waals surface area contributed by atoms with Gasteiger partial charge >= 0.3 is 6.18 Å². The molecule has 1 unspecified atom stereocenters. The number of benzene rings is 1. The van der Waals surface area contributed by atoms with Crippen LogP contribution in [-0.4, -0.2) is 10.8 Å². The topological polar surface area (TPSA) is 20.3 Å². The first-order chi connectivity index (χ1) is 9.20. The van der Waals surface area contributed by atoms with E-state index in [9.17, 15) is 18.0 Å². The van der Waals surface area contributed by atoms with Crippen LogP contribution in [0, 0.1) is 11.8 Å². The van der Waals surface area contributed by atoms with E-state index in [1.54, 1.807) is 4.90 Å². The molecule has 2 nitrogen and oxygen atoms in total. The SMILES string of the molecule is CC(C)C(C)C(=O)N1Cc2ccc(C(F)(F)F)cc2C1. The molecule has 1 atom stereocenters. The molecule has 0 radical (unpaired) electrons. The number of fused-ring (bicyclic) bond motifs is 1. The van der Waals surface area contributed by atoms with Gasteiger partial charge in [0, 0.05) is 19.0 Å². The van der Waals surface area contributed by atoms with Crippen molar-refractivity contribution in [2.24, 2.45) is 11.8 Å². The van der Waals surface area contributed by atoms with E-state index in [0.29, 0.717) is 12.1 Å². The van der Waals surface area contributed by atoms with Crippen molar-refractivity contribution in [2.45, 2.75) is 40.0 Å². The average Bonchev–Trinajstić information content (AvgIpc) is 2.78. The van der Waals surface area contributed by atoms with E-state index in [-0.39, 0.29) is 24.3 Å². The van der Waals surface area contributed by atoms with Crippen molar-refractivity contribution < 1.29 is 18.0 Å². The van der Waals surface area contributed by atoms with Gasteiger partial charge in [-0.15, -0.1) is 0 Å². The standard InChI is InChI=1S/C15H18F3NO/c1-9(2)10(3)14(20)19-7-11-4-5-13(15(16,17)18)6-12(11)8-19/h4-6,9-10H,7-8H2,1-3H3. The maximum Gasteiger partial charge on any atom is 0.416 e. The number of hydrogen-bond acceptors (Lipinski definition) is 1. The number of hydrogen-bond donors (Lipinski definition) is 0. The molecule has 1 amide bonds. The van der Waals surface area contributed by atoms with Crippen molar-refractivity contribution in [3.63, 3.8) is 0 Å². The van der Waals surface area contributed by atoms with E-state index in [1.165, 1.54) is 6.07 Å². The molecule has 1 heterocycles. The normalized spacial score (nSPS) is 16.4. The summed E-state index contributed by atoms with van der Waals surface area (Å²) in [4.78, 5) is 13.9. The Balaban J connectivity index is 2.18. The highest BCUT2D eigenvalue weighted by atomic mass is 19.4. The van der Waals surface area contributed by atoms with E-state index in [0.717, 1.165) is 17.7 Å². The van der Waals surface area contributed by atoms with Gasteiger partial charge in [-0.05, 0) is 29.2 Å². The van der Waals surface area contributed by atoms with Crippen LogP contribution < -0.4 is 0 Å². The van der Waals surface area contributed by atoms with Crippen LogP contribution in [0.2, 0.25) is 0 Å². The van der Waals surface area contributed by atoms with Gasteiger partial charge in [-0.2, -0.15) is 13.2 Å². The Labute approximate surface area is 116 Å². The third kappa shape index (κ3) is 2.81. The lowest BCUT2D eigenvalue weighted by molar-refractivity contribution is -0.137. The Bertz CT molecular complexity index is 522. The van der Waals surface area contributed by atoms with E-state index in [2.05, 4.69) is 0 Å². The Morgan fingerprint density at radius 3 is 2.30 bits per heavy atom. The first-order valence-corrected chi connectivity index (χ1v) is 6.68. The molecule has 110 valence electrons. The molecule has 0 aromatic heterocycles. The molecule has 0 saturated carbocycles. The quantitative estimate of drug-likeness (QED) is 0.808. The Hall–Kier alpha value is -1.52. The van der Waals surface area contributed by atoms with Gasteiger partial charge < -0.3 is 4.90 Å². The molecule has 1 aromatic rings. The van der Waals surface area contributed by atoms with E-state index in [4.69, 9.17) is 0 Å². The minimum Gasteiger partial charge on any atom is -0.334 e. The molecule has 1 aromatic carbocycles. The number of carbonyl (C=O) groups excluding carboxylic acids is 1. The van der Waals surface area contributed by atoms with Gasteiger partial charge in [-0.1, -0.05) is 26.8 Å². The summed E-state index contributed by atoms with van der Waals surface area (Å²) in [5.41, 5.74) is 0.758. The number of rotatable bonds is 2. The van der Waals surface area contributed by atoms with E-state index in [1.807, 2.05) is 20.8 Å². The predicted octanol–water partition coefficient (Wildman–Crippen LogP) is 3.84. The molecule has 5 heteroatoms. The van der Waals surface area contributed by atoms with Crippen molar-refractivity contribution in [1.82, 2.24) is 4.90 Å². The van der Waals surface area contributed by atoms with Crippen molar-refractivity contribution in [2.75, 3.05) is 0 Å². The third-order valence-electron chi connectivity index (χ3n) is 3.96. The second-order valence-electron chi connectivity index (χ2n) is 5.71. The first kappa shape index (κ1) is 14.9. The van der Waals surface area contributed by atoms with Crippen LogP contribution in [0.4, 0.5) is 13.2 Å². The third-order valence-corrected chi connectivity index (χ3v) is 3.96. The zero-order valence-electron chi connectivity index (χ0n) is 11.8. The average molecular weight is 285 g/mol. The molecule has 1 aliphatic rings. The van der Waals surface area contributed by atoms with Gasteiger partial charge in [0.15, 0.2) is 0 Å². The molecular weight excluding hydrogens is 267 g/mol. The van der Waals surface area contributed by atoms with E-state index >= 15 is 0 Å². The van der Waals surface area contributed by atoms with Crippen molar-refractivity contribution in [3.05, 3.63) is 34.9 Å². The lowest BCUT2D eigenvalue weighted by Gasteiger charge is -2.22. The molecule has 20 heavy (non-hydrogen) atoms. The fourth-order valence-electron chi connectivity index (χ4n) is 2.30. The molecule has 0 saturated heterocycles. The second-order valence-corrected chi connectivity index (χ2v) is 5.71. The number of nitrogens with zero attached hydrogens (tertiary/aromatic N) is 1. The summed E-state index contributed by atoms with van der Waals surface area (Å²) in [7, 11) is 0. The Morgan fingerprint density at radius 2 is 1.75 bits per heavy atom. The number of carbonyl (C=O) groups is 1. The van der Waals surface area contributed by atoms with Gasteiger partial charge in [0.25, 0.3) is 0 Å². The van der Waals surface area contributed by atoms with Crippen LogP contribution in [0.3, 0.4) is 0 Å². The molecule has 1 aliphatic heterocycles. The summed E-state index contributed by atoms with van der Waals surface area (Å²) in [6.07, 6.45) is -4.34. The predicted molar refractivity (Wildman–Crippen MR) is 69.7 cm³/mol. The molecule has 0 fully saturated rings. The minimum atomic E-state index is -4.34. The van der Waals surface area contributed by atoms with E-state index < -0.39 is 11.7 Å². The second kappa shape index (κ2) is 5.11. The van der Waals surface area contributed by atoms with Gasteiger partial charge in [-0.3, -0.25) is 4.79 Å². The molecule has 0 spiro atoms.